The number of methoxy groups -OCH3 is 1. The third-order valence-corrected chi connectivity index (χ3v) is 3.16. The lowest BCUT2D eigenvalue weighted by molar-refractivity contribution is -0.201. The molecule has 92 valence electrons. The molecule has 6 heteroatoms. The molecular formula is C10H15F2NO3. The van der Waals surface area contributed by atoms with Crippen LogP contribution < -0.4 is 0 Å². The highest BCUT2D eigenvalue weighted by molar-refractivity contribution is 5.86. The van der Waals surface area contributed by atoms with E-state index in [4.69, 9.17) is 4.74 Å². The van der Waals surface area contributed by atoms with E-state index in [0.29, 0.717) is 6.61 Å². The zero-order valence-corrected chi connectivity index (χ0v) is 9.12. The van der Waals surface area contributed by atoms with Crippen molar-refractivity contribution in [2.24, 2.45) is 5.41 Å². The maximum atomic E-state index is 11.9. The van der Waals surface area contributed by atoms with E-state index in [9.17, 15) is 13.6 Å². The maximum absolute atomic E-state index is 11.9. The van der Waals surface area contributed by atoms with Crippen molar-refractivity contribution < 1.29 is 23.0 Å². The van der Waals surface area contributed by atoms with Crippen molar-refractivity contribution in [1.82, 2.24) is 4.90 Å². The molecule has 2 rings (SSSR count). The normalized spacial score (nSPS) is 23.4. The molecule has 0 radical (unpaired) electrons. The topological polar surface area (TPSA) is 38.8 Å². The van der Waals surface area contributed by atoms with Crippen molar-refractivity contribution in [3.05, 3.63) is 0 Å². The predicted molar refractivity (Wildman–Crippen MR) is 51.0 cm³/mol. The molecule has 1 amide bonds. The first-order chi connectivity index (χ1) is 7.57. The number of ether oxygens (including phenoxy) is 2. The summed E-state index contributed by atoms with van der Waals surface area (Å²) in [5.74, 6) is 0.0171. The van der Waals surface area contributed by atoms with E-state index in [0.717, 1.165) is 12.8 Å². The highest BCUT2D eigenvalue weighted by Gasteiger charge is 2.53. The van der Waals surface area contributed by atoms with Gasteiger partial charge in [0, 0.05) is 20.2 Å². The summed E-state index contributed by atoms with van der Waals surface area (Å²) in [5.41, 5.74) is -0.370. The van der Waals surface area contributed by atoms with Gasteiger partial charge >= 0.3 is 6.61 Å². The standard InChI is InChI=1S/C10H15F2NO3/c1-15-6-10(2-3-10)8(14)13-4-7(5-13)16-9(11)12/h7,9H,2-6H2,1H3. The Bertz CT molecular complexity index is 275. The minimum absolute atomic E-state index is 0.0171. The van der Waals surface area contributed by atoms with E-state index in [1.807, 2.05) is 0 Å². The van der Waals surface area contributed by atoms with E-state index in [-0.39, 0.29) is 24.4 Å². The first-order valence-electron chi connectivity index (χ1n) is 5.29. The summed E-state index contributed by atoms with van der Waals surface area (Å²) in [7, 11) is 1.56. The molecule has 2 aliphatic rings. The third kappa shape index (κ3) is 2.17. The number of carbonyl (C=O) groups excluding carboxylic acids is 1. The van der Waals surface area contributed by atoms with Crippen LogP contribution in [0.3, 0.4) is 0 Å². The van der Waals surface area contributed by atoms with E-state index in [1.54, 1.807) is 12.0 Å². The number of alkyl halides is 2. The lowest BCUT2D eigenvalue weighted by atomic mass is 10.0. The second-order valence-corrected chi connectivity index (χ2v) is 4.44. The summed E-state index contributed by atoms with van der Waals surface area (Å²) in [6, 6.07) is 0. The Balaban J connectivity index is 1.77. The van der Waals surface area contributed by atoms with Gasteiger partial charge in [0.15, 0.2) is 0 Å². The second-order valence-electron chi connectivity index (χ2n) is 4.44. The summed E-state index contributed by atoms with van der Waals surface area (Å²) in [6.45, 7) is -1.79. The minimum Gasteiger partial charge on any atom is -0.384 e. The molecule has 1 aliphatic carbocycles. The third-order valence-electron chi connectivity index (χ3n) is 3.16. The Morgan fingerprint density at radius 1 is 1.50 bits per heavy atom. The zero-order chi connectivity index (χ0) is 11.8. The molecule has 1 saturated heterocycles. The number of likely N-dealkylation sites (tertiary alicyclic amines) is 1. The number of hydrogen-bond acceptors (Lipinski definition) is 3. The summed E-state index contributed by atoms with van der Waals surface area (Å²) >= 11 is 0. The van der Waals surface area contributed by atoms with Crippen LogP contribution in [0.15, 0.2) is 0 Å². The fourth-order valence-corrected chi connectivity index (χ4v) is 2.02. The molecule has 0 unspecified atom stereocenters. The monoisotopic (exact) mass is 235 g/mol. The van der Waals surface area contributed by atoms with E-state index in [1.165, 1.54) is 0 Å². The number of amides is 1. The largest absolute Gasteiger partial charge is 0.384 e. The first kappa shape index (κ1) is 11.7. The van der Waals surface area contributed by atoms with Gasteiger partial charge in [-0.3, -0.25) is 4.79 Å². The van der Waals surface area contributed by atoms with Crippen LogP contribution in [0.5, 0.6) is 0 Å². The molecule has 1 aliphatic heterocycles. The van der Waals surface area contributed by atoms with Crippen molar-refractivity contribution in [3.63, 3.8) is 0 Å². The summed E-state index contributed by atoms with van der Waals surface area (Å²) in [6.07, 6.45) is 1.15. The molecule has 1 heterocycles. The Morgan fingerprint density at radius 3 is 2.56 bits per heavy atom. The molecular weight excluding hydrogens is 220 g/mol. The van der Waals surface area contributed by atoms with Gasteiger partial charge in [0.05, 0.1) is 18.1 Å². The molecule has 0 aromatic rings. The van der Waals surface area contributed by atoms with E-state index >= 15 is 0 Å². The van der Waals surface area contributed by atoms with Crippen molar-refractivity contribution in [1.29, 1.82) is 0 Å². The number of carbonyl (C=O) groups is 1. The minimum atomic E-state index is -2.75. The summed E-state index contributed by atoms with van der Waals surface area (Å²) in [4.78, 5) is 13.5. The van der Waals surface area contributed by atoms with Crippen LogP contribution in [0.2, 0.25) is 0 Å². The van der Waals surface area contributed by atoms with Gasteiger partial charge in [-0.25, -0.2) is 0 Å². The molecule has 0 aromatic carbocycles. The van der Waals surface area contributed by atoms with Crippen LogP contribution in [-0.4, -0.2) is 50.3 Å². The molecule has 0 atom stereocenters. The van der Waals surface area contributed by atoms with Crippen LogP contribution in [-0.2, 0) is 14.3 Å². The SMILES string of the molecule is COCC1(C(=O)N2CC(OC(F)F)C2)CC1. The van der Waals surface area contributed by atoms with Crippen LogP contribution >= 0.6 is 0 Å². The fraction of sp³-hybridized carbons (Fsp3) is 0.900. The average Bonchev–Trinajstić information content (AvgIpc) is 2.91. The van der Waals surface area contributed by atoms with Crippen LogP contribution in [0.4, 0.5) is 8.78 Å². The van der Waals surface area contributed by atoms with Gasteiger partial charge in [-0.15, -0.1) is 0 Å². The highest BCUT2D eigenvalue weighted by Crippen LogP contribution is 2.48. The van der Waals surface area contributed by atoms with Gasteiger partial charge in [0.25, 0.3) is 0 Å². The quantitative estimate of drug-likeness (QED) is 0.709. The van der Waals surface area contributed by atoms with Crippen LogP contribution in [0.1, 0.15) is 12.8 Å². The van der Waals surface area contributed by atoms with Gasteiger partial charge in [-0.05, 0) is 12.8 Å². The van der Waals surface area contributed by atoms with E-state index in [2.05, 4.69) is 4.74 Å². The fourth-order valence-electron chi connectivity index (χ4n) is 2.02. The average molecular weight is 235 g/mol. The van der Waals surface area contributed by atoms with Gasteiger partial charge in [0.2, 0.25) is 5.91 Å². The lowest BCUT2D eigenvalue weighted by Crippen LogP contribution is -2.57. The molecule has 1 saturated carbocycles. The summed E-state index contributed by atoms with van der Waals surface area (Å²) < 4.78 is 33.0. The molecule has 2 fully saturated rings. The Morgan fingerprint density at radius 2 is 2.12 bits per heavy atom. The number of rotatable bonds is 5. The number of halogens is 2. The lowest BCUT2D eigenvalue weighted by Gasteiger charge is -2.40. The molecule has 16 heavy (non-hydrogen) atoms. The maximum Gasteiger partial charge on any atom is 0.345 e. The Hall–Kier alpha value is -0.750. The number of nitrogens with zero attached hydrogens (tertiary/aromatic N) is 1. The van der Waals surface area contributed by atoms with Crippen LogP contribution in [0.25, 0.3) is 0 Å². The molecule has 0 N–H and O–H groups in total. The van der Waals surface area contributed by atoms with Gasteiger partial charge in [-0.1, -0.05) is 0 Å². The van der Waals surface area contributed by atoms with Crippen molar-refractivity contribution in [2.75, 3.05) is 26.8 Å². The Kier molecular flexibility index (Phi) is 3.12. The van der Waals surface area contributed by atoms with Gasteiger partial charge < -0.3 is 14.4 Å². The second kappa shape index (κ2) is 4.25. The van der Waals surface area contributed by atoms with E-state index < -0.39 is 12.7 Å². The number of hydrogen-bond donors (Lipinski definition) is 0. The highest BCUT2D eigenvalue weighted by atomic mass is 19.3. The van der Waals surface area contributed by atoms with Gasteiger partial charge in [0.1, 0.15) is 0 Å². The van der Waals surface area contributed by atoms with Gasteiger partial charge in [-0.2, -0.15) is 8.78 Å². The zero-order valence-electron chi connectivity index (χ0n) is 9.12. The van der Waals surface area contributed by atoms with Crippen molar-refractivity contribution in [3.8, 4) is 0 Å². The molecule has 0 bridgehead atoms. The van der Waals surface area contributed by atoms with Crippen molar-refractivity contribution >= 4 is 5.91 Å². The first-order valence-corrected chi connectivity index (χ1v) is 5.29. The molecule has 0 spiro atoms. The van der Waals surface area contributed by atoms with Crippen molar-refractivity contribution in [2.45, 2.75) is 25.6 Å². The smallest absolute Gasteiger partial charge is 0.345 e. The molecule has 4 nitrogen and oxygen atoms in total. The summed E-state index contributed by atoms with van der Waals surface area (Å²) in [5, 5.41) is 0. The predicted octanol–water partition coefficient (Wildman–Crippen LogP) is 0.863. The molecule has 0 aromatic heterocycles. The van der Waals surface area contributed by atoms with Crippen LogP contribution in [0, 0.1) is 5.41 Å². The Labute approximate surface area is 92.5 Å².